The molecule has 0 fully saturated rings. The second-order valence-electron chi connectivity index (χ2n) is 8.71. The van der Waals surface area contributed by atoms with Crippen LogP contribution in [0.25, 0.3) is 5.69 Å². The van der Waals surface area contributed by atoms with Crippen LogP contribution < -0.4 is 9.47 Å². The van der Waals surface area contributed by atoms with Crippen molar-refractivity contribution < 1.29 is 14.4 Å². The Bertz CT molecular complexity index is 1480. The third-order valence-electron chi connectivity index (χ3n) is 6.00. The molecular weight excluding hydrogens is 592 g/mol. The SMILES string of the molecule is COc1cc([C@H](C[N+](=O)[O-])Sc2nnc(C)n2-c2ccc(C)c(C)c2)cc(Br)c1OCc1cccc(Cl)c1. The van der Waals surface area contributed by atoms with Crippen LogP contribution in [0.1, 0.15) is 33.3 Å². The van der Waals surface area contributed by atoms with E-state index in [4.69, 9.17) is 21.1 Å². The van der Waals surface area contributed by atoms with E-state index in [9.17, 15) is 10.1 Å². The van der Waals surface area contributed by atoms with Gasteiger partial charge in [-0.05, 0) is 95.4 Å². The Balaban J connectivity index is 1.66. The molecule has 8 nitrogen and oxygen atoms in total. The van der Waals surface area contributed by atoms with Gasteiger partial charge in [0.1, 0.15) is 17.7 Å². The number of aromatic nitrogens is 3. The Morgan fingerprint density at radius 2 is 1.89 bits per heavy atom. The van der Waals surface area contributed by atoms with Crippen LogP contribution in [0.2, 0.25) is 5.02 Å². The van der Waals surface area contributed by atoms with Crippen LogP contribution in [0.15, 0.2) is 64.2 Å². The number of rotatable bonds is 10. The van der Waals surface area contributed by atoms with Crippen molar-refractivity contribution in [2.45, 2.75) is 37.8 Å². The zero-order valence-electron chi connectivity index (χ0n) is 21.3. The van der Waals surface area contributed by atoms with Crippen LogP contribution in [-0.2, 0) is 6.61 Å². The van der Waals surface area contributed by atoms with Crippen molar-refractivity contribution in [2.75, 3.05) is 13.7 Å². The highest BCUT2D eigenvalue weighted by molar-refractivity contribution is 9.10. The Kier molecular flexibility index (Phi) is 8.96. The van der Waals surface area contributed by atoms with Gasteiger partial charge in [-0.15, -0.1) is 10.2 Å². The van der Waals surface area contributed by atoms with Gasteiger partial charge in [-0.1, -0.05) is 41.6 Å². The quantitative estimate of drug-likeness (QED) is 0.105. The first-order valence-electron chi connectivity index (χ1n) is 11.7. The minimum absolute atomic E-state index is 0.278. The summed E-state index contributed by atoms with van der Waals surface area (Å²) in [7, 11) is 1.53. The molecule has 0 N–H and O–H groups in total. The molecule has 0 aliphatic rings. The van der Waals surface area contributed by atoms with Gasteiger partial charge in [0.15, 0.2) is 16.7 Å². The Hall–Kier alpha value is -3.08. The molecule has 198 valence electrons. The molecule has 0 spiro atoms. The number of halogens is 2. The smallest absolute Gasteiger partial charge is 0.220 e. The summed E-state index contributed by atoms with van der Waals surface area (Å²) in [5.74, 6) is 1.64. The van der Waals surface area contributed by atoms with Crippen LogP contribution in [0, 0.1) is 30.9 Å². The van der Waals surface area contributed by atoms with Crippen molar-refractivity contribution in [3.63, 3.8) is 0 Å². The van der Waals surface area contributed by atoms with Crippen molar-refractivity contribution in [3.05, 3.63) is 102 Å². The van der Waals surface area contributed by atoms with Gasteiger partial charge in [-0.3, -0.25) is 14.7 Å². The molecule has 4 rings (SSSR count). The zero-order chi connectivity index (χ0) is 27.4. The summed E-state index contributed by atoms with van der Waals surface area (Å²) in [5, 5.41) is 20.9. The minimum atomic E-state index is -0.564. The average Bonchev–Trinajstić information content (AvgIpc) is 3.23. The number of methoxy groups -OCH3 is 1. The molecule has 0 aliphatic heterocycles. The van der Waals surface area contributed by atoms with E-state index in [1.807, 2.05) is 54.8 Å². The Morgan fingerprint density at radius 3 is 2.58 bits per heavy atom. The zero-order valence-corrected chi connectivity index (χ0v) is 24.4. The standard InChI is InChI=1S/C27H26BrClN4O4S/c1-16-8-9-22(10-17(16)2)33-18(3)30-31-27(33)38-25(14-32(34)35)20-12-23(28)26(24(13-20)36-4)37-15-19-6-5-7-21(29)11-19/h5-13,25H,14-15H2,1-4H3/t25-/m0/s1. The highest BCUT2D eigenvalue weighted by Crippen LogP contribution is 2.43. The van der Waals surface area contributed by atoms with Gasteiger partial charge in [-0.2, -0.15) is 0 Å². The number of ether oxygens (including phenoxy) is 2. The van der Waals surface area contributed by atoms with Gasteiger partial charge in [0.2, 0.25) is 6.54 Å². The molecule has 3 aromatic carbocycles. The number of nitrogens with zero attached hydrogens (tertiary/aromatic N) is 4. The molecule has 1 aromatic heterocycles. The lowest BCUT2D eigenvalue weighted by Gasteiger charge is -2.18. The highest BCUT2D eigenvalue weighted by atomic mass is 79.9. The molecule has 0 radical (unpaired) electrons. The molecule has 0 aliphatic carbocycles. The van der Waals surface area contributed by atoms with Gasteiger partial charge >= 0.3 is 0 Å². The van der Waals surface area contributed by atoms with E-state index in [0.717, 1.165) is 16.8 Å². The normalized spacial score (nSPS) is 11.8. The van der Waals surface area contributed by atoms with E-state index in [1.54, 1.807) is 12.1 Å². The van der Waals surface area contributed by atoms with Crippen molar-refractivity contribution in [1.29, 1.82) is 0 Å². The summed E-state index contributed by atoms with van der Waals surface area (Å²) in [4.78, 5) is 11.4. The maximum atomic E-state index is 11.7. The summed E-state index contributed by atoms with van der Waals surface area (Å²) in [6.07, 6.45) is 0. The molecule has 0 unspecified atom stereocenters. The second kappa shape index (κ2) is 12.2. The van der Waals surface area contributed by atoms with E-state index in [2.05, 4.69) is 39.1 Å². The molecule has 0 saturated carbocycles. The van der Waals surface area contributed by atoms with Gasteiger partial charge in [0, 0.05) is 15.6 Å². The predicted molar refractivity (Wildman–Crippen MR) is 153 cm³/mol. The first-order chi connectivity index (χ1) is 18.2. The largest absolute Gasteiger partial charge is 0.493 e. The first kappa shape index (κ1) is 27.9. The van der Waals surface area contributed by atoms with Gasteiger partial charge in [-0.25, -0.2) is 0 Å². The van der Waals surface area contributed by atoms with E-state index in [1.165, 1.54) is 24.4 Å². The van der Waals surface area contributed by atoms with Crippen molar-refractivity contribution in [2.24, 2.45) is 0 Å². The lowest BCUT2D eigenvalue weighted by molar-refractivity contribution is -0.479. The molecule has 38 heavy (non-hydrogen) atoms. The van der Waals surface area contributed by atoms with Gasteiger partial charge in [0.25, 0.3) is 0 Å². The summed E-state index contributed by atoms with van der Waals surface area (Å²) in [5.41, 5.74) is 4.81. The van der Waals surface area contributed by atoms with Crippen molar-refractivity contribution in [3.8, 4) is 17.2 Å². The molecule has 1 heterocycles. The summed E-state index contributed by atoms with van der Waals surface area (Å²) in [6, 6.07) is 17.1. The number of thioether (sulfide) groups is 1. The van der Waals surface area contributed by atoms with Crippen LogP contribution in [0.4, 0.5) is 0 Å². The fraction of sp³-hybridized carbons (Fsp3) is 0.259. The predicted octanol–water partition coefficient (Wildman–Crippen LogP) is 7.31. The lowest BCUT2D eigenvalue weighted by atomic mass is 10.1. The topological polar surface area (TPSA) is 92.3 Å². The fourth-order valence-electron chi connectivity index (χ4n) is 3.90. The minimum Gasteiger partial charge on any atom is -0.493 e. The number of benzene rings is 3. The third kappa shape index (κ3) is 6.48. The molecule has 11 heteroatoms. The Morgan fingerprint density at radius 1 is 1.11 bits per heavy atom. The molecule has 0 amide bonds. The molecular formula is C27H26BrClN4O4S. The number of nitro groups is 1. The summed E-state index contributed by atoms with van der Waals surface area (Å²) >= 11 is 10.9. The second-order valence-corrected chi connectivity index (χ2v) is 11.2. The molecule has 0 saturated heterocycles. The Labute approximate surface area is 238 Å². The molecule has 4 aromatic rings. The lowest BCUT2D eigenvalue weighted by Crippen LogP contribution is -2.12. The van der Waals surface area contributed by atoms with Crippen LogP contribution in [0.3, 0.4) is 0 Å². The number of hydrogen-bond acceptors (Lipinski definition) is 7. The van der Waals surface area contributed by atoms with Crippen LogP contribution >= 0.6 is 39.3 Å². The average molecular weight is 618 g/mol. The van der Waals surface area contributed by atoms with Crippen molar-refractivity contribution in [1.82, 2.24) is 14.8 Å². The van der Waals surface area contributed by atoms with E-state index < -0.39 is 5.25 Å². The van der Waals surface area contributed by atoms with Gasteiger partial charge in [0.05, 0.1) is 11.6 Å². The van der Waals surface area contributed by atoms with E-state index >= 15 is 0 Å². The summed E-state index contributed by atoms with van der Waals surface area (Å²) < 4.78 is 14.2. The van der Waals surface area contributed by atoms with Crippen LogP contribution in [-0.4, -0.2) is 33.3 Å². The first-order valence-corrected chi connectivity index (χ1v) is 13.7. The number of hydrogen-bond donors (Lipinski definition) is 0. The molecule has 0 bridgehead atoms. The van der Waals surface area contributed by atoms with E-state index in [-0.39, 0.29) is 18.1 Å². The fourth-order valence-corrected chi connectivity index (χ4v) is 5.84. The third-order valence-corrected chi connectivity index (χ3v) is 8.01. The molecule has 1 atom stereocenters. The maximum absolute atomic E-state index is 11.7. The van der Waals surface area contributed by atoms with Crippen LogP contribution in [0.5, 0.6) is 11.5 Å². The highest BCUT2D eigenvalue weighted by Gasteiger charge is 2.26. The summed E-state index contributed by atoms with van der Waals surface area (Å²) in [6.45, 7) is 5.91. The van der Waals surface area contributed by atoms with Gasteiger partial charge < -0.3 is 9.47 Å². The number of aryl methyl sites for hydroxylation is 3. The van der Waals surface area contributed by atoms with Crippen molar-refractivity contribution >= 4 is 39.3 Å². The van der Waals surface area contributed by atoms with E-state index in [0.29, 0.717) is 37.5 Å². The maximum Gasteiger partial charge on any atom is 0.220 e. The monoisotopic (exact) mass is 616 g/mol.